The topological polar surface area (TPSA) is 0 Å². The third-order valence-corrected chi connectivity index (χ3v) is 1.97. The Morgan fingerprint density at radius 1 is 1.10 bits per heavy atom. The van der Waals surface area contributed by atoms with Gasteiger partial charge in [-0.1, -0.05) is 41.4 Å². The molecule has 0 aromatic carbocycles. The molecule has 0 N–H and O–H groups in total. The van der Waals surface area contributed by atoms with E-state index in [1.54, 1.807) is 0 Å². The molecule has 0 nitrogen and oxygen atoms in total. The van der Waals surface area contributed by atoms with Crippen molar-refractivity contribution in [3.63, 3.8) is 0 Å². The van der Waals surface area contributed by atoms with Gasteiger partial charge in [0.2, 0.25) is 0 Å². The molecule has 0 rings (SSSR count). The van der Waals surface area contributed by atoms with Gasteiger partial charge in [-0.05, 0) is 25.7 Å². The van der Waals surface area contributed by atoms with Crippen LogP contribution in [0.5, 0.6) is 0 Å². The number of hydrogen-bond donors (Lipinski definition) is 0. The van der Waals surface area contributed by atoms with Gasteiger partial charge in [0.05, 0.1) is 0 Å². The van der Waals surface area contributed by atoms with Gasteiger partial charge in [-0.25, -0.2) is 0 Å². The van der Waals surface area contributed by atoms with Gasteiger partial charge in [0.25, 0.3) is 0 Å². The SMILES string of the molecule is CCC=CCCCCCBr. The second-order valence-electron chi connectivity index (χ2n) is 2.42. The van der Waals surface area contributed by atoms with Crippen molar-refractivity contribution in [3.05, 3.63) is 12.2 Å². The number of alkyl halides is 1. The van der Waals surface area contributed by atoms with Crippen LogP contribution in [0.15, 0.2) is 12.2 Å². The first-order valence-electron chi connectivity index (χ1n) is 4.12. The monoisotopic (exact) mass is 204 g/mol. The molecule has 0 atom stereocenters. The summed E-state index contributed by atoms with van der Waals surface area (Å²) >= 11 is 3.41. The Morgan fingerprint density at radius 2 is 1.90 bits per heavy atom. The van der Waals surface area contributed by atoms with Gasteiger partial charge in [0, 0.05) is 5.33 Å². The molecule has 60 valence electrons. The van der Waals surface area contributed by atoms with Crippen molar-refractivity contribution < 1.29 is 0 Å². The minimum absolute atomic E-state index is 1.16. The molecule has 0 unspecified atom stereocenters. The molecule has 0 aromatic rings. The first kappa shape index (κ1) is 10.2. The van der Waals surface area contributed by atoms with E-state index >= 15 is 0 Å². The van der Waals surface area contributed by atoms with Gasteiger partial charge >= 0.3 is 0 Å². The number of halogens is 1. The lowest BCUT2D eigenvalue weighted by molar-refractivity contribution is 0.736. The number of rotatable bonds is 6. The lowest BCUT2D eigenvalue weighted by Gasteiger charge is -1.92. The van der Waals surface area contributed by atoms with Crippen LogP contribution in [-0.2, 0) is 0 Å². The number of unbranched alkanes of at least 4 members (excludes halogenated alkanes) is 3. The Kier molecular flexibility index (Phi) is 9.42. The molecule has 0 aliphatic carbocycles. The molecule has 0 heterocycles. The molecule has 0 aliphatic heterocycles. The molecule has 0 fully saturated rings. The lowest BCUT2D eigenvalue weighted by atomic mass is 10.2. The predicted octanol–water partition coefficient (Wildman–Crippen LogP) is 3.91. The van der Waals surface area contributed by atoms with Crippen LogP contribution in [0.25, 0.3) is 0 Å². The van der Waals surface area contributed by atoms with Crippen molar-refractivity contribution in [3.8, 4) is 0 Å². The van der Waals surface area contributed by atoms with E-state index in [1.807, 2.05) is 0 Å². The minimum Gasteiger partial charge on any atom is -0.0928 e. The van der Waals surface area contributed by atoms with E-state index in [-0.39, 0.29) is 0 Å². The van der Waals surface area contributed by atoms with E-state index < -0.39 is 0 Å². The Morgan fingerprint density at radius 3 is 2.50 bits per heavy atom. The standard InChI is InChI=1S/C9H17Br/c1-2-3-4-5-6-7-8-9-10/h3-4H,2,5-9H2,1H3. The lowest BCUT2D eigenvalue weighted by Crippen LogP contribution is -1.75. The van der Waals surface area contributed by atoms with E-state index in [1.165, 1.54) is 32.1 Å². The van der Waals surface area contributed by atoms with E-state index in [0.717, 1.165) is 5.33 Å². The van der Waals surface area contributed by atoms with Crippen LogP contribution in [0.3, 0.4) is 0 Å². The van der Waals surface area contributed by atoms with Gasteiger partial charge in [-0.3, -0.25) is 0 Å². The van der Waals surface area contributed by atoms with Crippen molar-refractivity contribution >= 4 is 15.9 Å². The third kappa shape index (κ3) is 8.22. The van der Waals surface area contributed by atoms with Crippen LogP contribution in [0.1, 0.15) is 39.0 Å². The molecular weight excluding hydrogens is 188 g/mol. The fourth-order valence-electron chi connectivity index (χ4n) is 0.818. The van der Waals surface area contributed by atoms with Crippen molar-refractivity contribution in [2.45, 2.75) is 39.0 Å². The largest absolute Gasteiger partial charge is 0.0928 e. The molecule has 0 radical (unpaired) electrons. The van der Waals surface area contributed by atoms with Gasteiger partial charge in [-0.2, -0.15) is 0 Å². The summed E-state index contributed by atoms with van der Waals surface area (Å²) in [6.45, 7) is 2.18. The molecule has 0 saturated heterocycles. The molecule has 0 amide bonds. The summed E-state index contributed by atoms with van der Waals surface area (Å²) < 4.78 is 0. The zero-order valence-electron chi connectivity index (χ0n) is 6.78. The zero-order chi connectivity index (χ0) is 7.66. The fourth-order valence-corrected chi connectivity index (χ4v) is 1.21. The minimum atomic E-state index is 1.16. The van der Waals surface area contributed by atoms with E-state index in [9.17, 15) is 0 Å². The maximum absolute atomic E-state index is 3.41. The molecule has 0 spiro atoms. The highest BCUT2D eigenvalue weighted by Gasteiger charge is 1.83. The van der Waals surface area contributed by atoms with Gasteiger partial charge < -0.3 is 0 Å². The smallest absolute Gasteiger partial charge is 0.00313 e. The Balaban J connectivity index is 2.83. The average molecular weight is 205 g/mol. The zero-order valence-corrected chi connectivity index (χ0v) is 8.36. The van der Waals surface area contributed by atoms with Crippen LogP contribution in [0.2, 0.25) is 0 Å². The Bertz CT molecular complexity index is 76.8. The summed E-state index contributed by atoms with van der Waals surface area (Å²) in [6, 6.07) is 0. The highest BCUT2D eigenvalue weighted by Crippen LogP contribution is 2.02. The molecule has 0 bridgehead atoms. The van der Waals surface area contributed by atoms with Crippen molar-refractivity contribution in [2.24, 2.45) is 0 Å². The van der Waals surface area contributed by atoms with E-state index in [2.05, 4.69) is 35.0 Å². The van der Waals surface area contributed by atoms with Crippen LogP contribution in [0, 0.1) is 0 Å². The highest BCUT2D eigenvalue weighted by atomic mass is 79.9. The maximum Gasteiger partial charge on any atom is 0.00313 e. The van der Waals surface area contributed by atoms with Gasteiger partial charge in [0.15, 0.2) is 0 Å². The second kappa shape index (κ2) is 9.22. The van der Waals surface area contributed by atoms with Gasteiger partial charge in [-0.15, -0.1) is 0 Å². The quantitative estimate of drug-likeness (QED) is 0.350. The molecule has 0 saturated carbocycles. The summed E-state index contributed by atoms with van der Waals surface area (Å²) in [5.74, 6) is 0. The second-order valence-corrected chi connectivity index (χ2v) is 3.21. The van der Waals surface area contributed by atoms with Crippen LogP contribution < -0.4 is 0 Å². The first-order valence-corrected chi connectivity index (χ1v) is 5.25. The predicted molar refractivity (Wildman–Crippen MR) is 51.7 cm³/mol. The summed E-state index contributed by atoms with van der Waals surface area (Å²) in [7, 11) is 0. The molecule has 0 aliphatic rings. The third-order valence-electron chi connectivity index (χ3n) is 1.41. The van der Waals surface area contributed by atoms with Gasteiger partial charge in [0.1, 0.15) is 0 Å². The molecule has 1 heteroatoms. The molecule has 10 heavy (non-hydrogen) atoms. The maximum atomic E-state index is 3.41. The summed E-state index contributed by atoms with van der Waals surface area (Å²) in [6.07, 6.45) is 11.0. The summed E-state index contributed by atoms with van der Waals surface area (Å²) in [4.78, 5) is 0. The Hall–Kier alpha value is 0.220. The van der Waals surface area contributed by atoms with Crippen LogP contribution >= 0.6 is 15.9 Å². The summed E-state index contributed by atoms with van der Waals surface area (Å²) in [5.41, 5.74) is 0. The molecule has 0 aromatic heterocycles. The Labute approximate surface area is 72.8 Å². The van der Waals surface area contributed by atoms with Crippen molar-refractivity contribution in [1.82, 2.24) is 0 Å². The average Bonchev–Trinajstić information content (AvgIpc) is 1.97. The molecular formula is C9H17Br. The van der Waals surface area contributed by atoms with E-state index in [4.69, 9.17) is 0 Å². The number of hydrogen-bond acceptors (Lipinski definition) is 0. The van der Waals surface area contributed by atoms with Crippen molar-refractivity contribution in [2.75, 3.05) is 5.33 Å². The van der Waals surface area contributed by atoms with Crippen LogP contribution in [-0.4, -0.2) is 5.33 Å². The van der Waals surface area contributed by atoms with E-state index in [0.29, 0.717) is 0 Å². The normalized spacial score (nSPS) is 11.0. The number of allylic oxidation sites excluding steroid dienone is 2. The highest BCUT2D eigenvalue weighted by molar-refractivity contribution is 9.09. The summed E-state index contributed by atoms with van der Waals surface area (Å²) in [5, 5.41) is 1.16. The fraction of sp³-hybridized carbons (Fsp3) is 0.778. The first-order chi connectivity index (χ1) is 4.91. The van der Waals surface area contributed by atoms with Crippen molar-refractivity contribution in [1.29, 1.82) is 0 Å². The van der Waals surface area contributed by atoms with Crippen LogP contribution in [0.4, 0.5) is 0 Å².